The van der Waals surface area contributed by atoms with E-state index in [1.54, 1.807) is 0 Å². The molecule has 90 valence electrons. The molecule has 0 bridgehead atoms. The molecule has 0 aliphatic heterocycles. The molecular formula is C7H13FO7. The van der Waals surface area contributed by atoms with Crippen LogP contribution in [0.3, 0.4) is 0 Å². The molecule has 0 aromatic rings. The Morgan fingerprint density at radius 1 is 1.07 bits per heavy atom. The van der Waals surface area contributed by atoms with Crippen molar-refractivity contribution in [2.75, 3.05) is 6.61 Å². The van der Waals surface area contributed by atoms with Gasteiger partial charge in [-0.3, -0.25) is 4.79 Å². The van der Waals surface area contributed by atoms with Gasteiger partial charge < -0.3 is 30.6 Å². The van der Waals surface area contributed by atoms with Gasteiger partial charge in [-0.05, 0) is 0 Å². The van der Waals surface area contributed by atoms with Crippen molar-refractivity contribution in [2.45, 2.75) is 30.8 Å². The summed E-state index contributed by atoms with van der Waals surface area (Å²) < 4.78 is 12.0. The fourth-order valence-corrected chi connectivity index (χ4v) is 0.832. The van der Waals surface area contributed by atoms with Gasteiger partial charge in [-0.2, -0.15) is 0 Å². The van der Waals surface area contributed by atoms with Crippen molar-refractivity contribution in [3.8, 4) is 0 Å². The number of aliphatic hydroxyl groups excluding tert-OH is 6. The van der Waals surface area contributed by atoms with E-state index in [2.05, 4.69) is 0 Å². The van der Waals surface area contributed by atoms with Gasteiger partial charge in [0.05, 0.1) is 6.61 Å². The van der Waals surface area contributed by atoms with Gasteiger partial charge in [0.1, 0.15) is 24.4 Å². The number of aliphatic hydroxyl groups is 6. The molecule has 8 heteroatoms. The van der Waals surface area contributed by atoms with Crippen molar-refractivity contribution in [1.82, 2.24) is 0 Å². The monoisotopic (exact) mass is 228 g/mol. The van der Waals surface area contributed by atoms with Crippen molar-refractivity contribution < 1.29 is 39.8 Å². The zero-order chi connectivity index (χ0) is 12.2. The van der Waals surface area contributed by atoms with Crippen LogP contribution in [0.25, 0.3) is 0 Å². The summed E-state index contributed by atoms with van der Waals surface area (Å²) in [7, 11) is 0. The van der Waals surface area contributed by atoms with Crippen LogP contribution in [-0.2, 0) is 4.79 Å². The Bertz CT molecular complexity index is 210. The lowest BCUT2D eigenvalue weighted by Crippen LogP contribution is -2.50. The maximum absolute atomic E-state index is 12.0. The summed E-state index contributed by atoms with van der Waals surface area (Å²) >= 11 is 0. The third-order valence-corrected chi connectivity index (χ3v) is 1.78. The molecular weight excluding hydrogens is 215 g/mol. The first-order valence-corrected chi connectivity index (χ1v) is 4.02. The number of ketones is 1. The zero-order valence-corrected chi connectivity index (χ0v) is 7.56. The lowest BCUT2D eigenvalue weighted by Gasteiger charge is -2.24. The van der Waals surface area contributed by atoms with E-state index in [4.69, 9.17) is 30.6 Å². The lowest BCUT2D eigenvalue weighted by molar-refractivity contribution is -0.161. The average Bonchev–Trinajstić information content (AvgIpc) is 2.23. The normalized spacial score (nSPS) is 21.5. The molecule has 5 atom stereocenters. The molecule has 15 heavy (non-hydrogen) atoms. The van der Waals surface area contributed by atoms with Gasteiger partial charge in [-0.15, -0.1) is 0 Å². The second-order valence-electron chi connectivity index (χ2n) is 2.91. The maximum Gasteiger partial charge on any atom is 0.258 e. The van der Waals surface area contributed by atoms with Gasteiger partial charge in [-0.25, -0.2) is 4.39 Å². The van der Waals surface area contributed by atoms with E-state index in [1.165, 1.54) is 0 Å². The summed E-state index contributed by atoms with van der Waals surface area (Å²) in [5, 5.41) is 52.3. The number of Topliss-reactive ketones (excluding diaryl/α,β-unsaturated/α-hetero) is 1. The first-order chi connectivity index (χ1) is 6.82. The fraction of sp³-hybridized carbons (Fsp3) is 0.857. The van der Waals surface area contributed by atoms with Crippen molar-refractivity contribution in [3.05, 3.63) is 0 Å². The zero-order valence-electron chi connectivity index (χ0n) is 7.56. The van der Waals surface area contributed by atoms with Crippen LogP contribution < -0.4 is 0 Å². The predicted molar refractivity (Wildman–Crippen MR) is 43.2 cm³/mol. The highest BCUT2D eigenvalue weighted by atomic mass is 19.1. The van der Waals surface area contributed by atoms with Crippen LogP contribution in [0.5, 0.6) is 0 Å². The van der Waals surface area contributed by atoms with Gasteiger partial charge in [-0.1, -0.05) is 0 Å². The second kappa shape index (κ2) is 6.05. The van der Waals surface area contributed by atoms with Gasteiger partial charge in [0.2, 0.25) is 5.78 Å². The van der Waals surface area contributed by atoms with Crippen molar-refractivity contribution in [2.24, 2.45) is 0 Å². The van der Waals surface area contributed by atoms with Crippen LogP contribution in [0.1, 0.15) is 0 Å². The topological polar surface area (TPSA) is 138 Å². The number of carbonyl (C=O) groups is 1. The molecule has 0 aliphatic rings. The molecule has 0 spiro atoms. The summed E-state index contributed by atoms with van der Waals surface area (Å²) in [5.41, 5.74) is 0. The van der Waals surface area contributed by atoms with Crippen LogP contribution in [0.2, 0.25) is 0 Å². The van der Waals surface area contributed by atoms with Crippen LogP contribution in [0, 0.1) is 0 Å². The summed E-state index contributed by atoms with van der Waals surface area (Å²) in [4.78, 5) is 10.6. The van der Waals surface area contributed by atoms with Crippen molar-refractivity contribution in [3.63, 3.8) is 0 Å². The quantitative estimate of drug-likeness (QED) is 0.275. The first-order valence-electron chi connectivity index (χ1n) is 4.02. The van der Waals surface area contributed by atoms with Crippen molar-refractivity contribution >= 4 is 5.78 Å². The molecule has 1 unspecified atom stereocenters. The number of hydrogen-bond donors (Lipinski definition) is 6. The van der Waals surface area contributed by atoms with E-state index in [0.29, 0.717) is 0 Å². The van der Waals surface area contributed by atoms with E-state index in [0.717, 1.165) is 0 Å². The fourth-order valence-electron chi connectivity index (χ4n) is 0.832. The number of alkyl halides is 1. The smallest absolute Gasteiger partial charge is 0.258 e. The summed E-state index contributed by atoms with van der Waals surface area (Å²) in [6.45, 7) is -0.919. The molecule has 0 rings (SSSR count). The minimum atomic E-state index is -2.99. The third kappa shape index (κ3) is 3.78. The van der Waals surface area contributed by atoms with Gasteiger partial charge >= 0.3 is 0 Å². The molecule has 0 fully saturated rings. The SMILES string of the molecule is O=C(C(O)F)[C@@H](O)[C@@H](O)[C@H](O)[C@H](O)CO. The molecule has 6 N–H and O–H groups in total. The highest BCUT2D eigenvalue weighted by molar-refractivity contribution is 5.86. The van der Waals surface area contributed by atoms with Gasteiger partial charge in [0.15, 0.2) is 0 Å². The number of halogens is 1. The van der Waals surface area contributed by atoms with Crippen LogP contribution in [-0.4, -0.2) is 73.8 Å². The standard InChI is InChI=1S/C7H13FO7/c8-7(15)6(14)5(13)4(12)3(11)2(10)1-9/h2-5,7,9-13,15H,1H2/t2-,3-,4+,5+,7?/m1/s1. The summed E-state index contributed by atoms with van der Waals surface area (Å²) in [5.74, 6) is -1.74. The minimum absolute atomic E-state index is 0.919. The van der Waals surface area contributed by atoms with E-state index >= 15 is 0 Å². The molecule has 7 nitrogen and oxygen atoms in total. The van der Waals surface area contributed by atoms with Gasteiger partial charge in [0, 0.05) is 0 Å². The molecule has 0 saturated heterocycles. The largest absolute Gasteiger partial charge is 0.394 e. The highest BCUT2D eigenvalue weighted by Gasteiger charge is 2.36. The Hall–Kier alpha value is -0.640. The Labute approximate surface area is 84.0 Å². The Morgan fingerprint density at radius 3 is 1.87 bits per heavy atom. The molecule has 0 aliphatic carbocycles. The summed E-state index contributed by atoms with van der Waals surface area (Å²) in [6.07, 6.45) is -11.4. The Morgan fingerprint density at radius 2 is 1.53 bits per heavy atom. The summed E-state index contributed by atoms with van der Waals surface area (Å²) in [6, 6.07) is 0. The van der Waals surface area contributed by atoms with E-state index in [-0.39, 0.29) is 0 Å². The third-order valence-electron chi connectivity index (χ3n) is 1.78. The van der Waals surface area contributed by atoms with E-state index < -0.39 is 43.2 Å². The van der Waals surface area contributed by atoms with Crippen LogP contribution in [0.15, 0.2) is 0 Å². The predicted octanol–water partition coefficient (Wildman–Crippen LogP) is -3.72. The highest BCUT2D eigenvalue weighted by Crippen LogP contribution is 2.07. The molecule has 0 heterocycles. The maximum atomic E-state index is 12.0. The number of hydrogen-bond acceptors (Lipinski definition) is 7. The average molecular weight is 228 g/mol. The van der Waals surface area contributed by atoms with Crippen LogP contribution >= 0.6 is 0 Å². The minimum Gasteiger partial charge on any atom is -0.394 e. The lowest BCUT2D eigenvalue weighted by atomic mass is 10.0. The Kier molecular flexibility index (Phi) is 5.80. The number of carbonyl (C=O) groups excluding carboxylic acids is 1. The van der Waals surface area contributed by atoms with E-state index in [1.807, 2.05) is 0 Å². The molecule has 0 aromatic carbocycles. The first kappa shape index (κ1) is 14.4. The van der Waals surface area contributed by atoms with Gasteiger partial charge in [0.25, 0.3) is 6.36 Å². The van der Waals surface area contributed by atoms with Crippen LogP contribution in [0.4, 0.5) is 4.39 Å². The number of rotatable bonds is 6. The molecule has 0 radical (unpaired) electrons. The molecule has 0 saturated carbocycles. The molecule has 0 amide bonds. The van der Waals surface area contributed by atoms with E-state index in [9.17, 15) is 9.18 Å². The molecule has 0 aromatic heterocycles. The van der Waals surface area contributed by atoms with Crippen molar-refractivity contribution in [1.29, 1.82) is 0 Å². The second-order valence-corrected chi connectivity index (χ2v) is 2.91. The Balaban J connectivity index is 4.43.